The van der Waals surface area contributed by atoms with E-state index in [2.05, 4.69) is 39.7 Å². The zero-order valence-electron chi connectivity index (χ0n) is 35.7. The number of carbonyl (C=O) groups is 6. The summed E-state index contributed by atoms with van der Waals surface area (Å²) in [7, 11) is 0. The lowest BCUT2D eigenvalue weighted by molar-refractivity contribution is -0.142. The van der Waals surface area contributed by atoms with E-state index in [1.165, 1.54) is 16.7 Å². The standard InChI is InChI=1S/C43H63N7O8S/c1-11-25(4)33-38(54)44-26(5)41(56)50-21-17-20-32(50)37(53)45-29(22-28-18-15-14-16-19-28)40-47-31(24-59-40)36(52)49-34(27(6)58-43(9,10)13-3)39(55)46-30(35(51)48-33)23-57-42(7,8)12-2/h12-16,18-19,25-27,29-34H,2-3,11,17,20-24H2,1,4-10H3,(H,44,54)(H,45,53)(H,46,55)(H,48,51)(H,49,52)/t25-,26-,27+,29-,30-,31-,32-,33?,34?/m0/s1. The molecule has 0 spiro atoms. The summed E-state index contributed by atoms with van der Waals surface area (Å²) in [4.78, 5) is 90.9. The third kappa shape index (κ3) is 12.7. The molecule has 1 fully saturated rings. The lowest BCUT2D eigenvalue weighted by atomic mass is 9.97. The minimum Gasteiger partial charge on any atom is -0.369 e. The number of nitrogens with one attached hydrogen (secondary N) is 5. The Labute approximate surface area is 352 Å². The van der Waals surface area contributed by atoms with Crippen LogP contribution in [0.1, 0.15) is 80.2 Å². The summed E-state index contributed by atoms with van der Waals surface area (Å²) in [6.07, 6.45) is 4.06. The van der Waals surface area contributed by atoms with Gasteiger partial charge >= 0.3 is 0 Å². The predicted octanol–water partition coefficient (Wildman–Crippen LogP) is 2.59. The molecule has 1 aromatic rings. The van der Waals surface area contributed by atoms with Crippen LogP contribution >= 0.6 is 11.8 Å². The number of aliphatic imine (C=N–C) groups is 1. The van der Waals surface area contributed by atoms with Crippen molar-refractivity contribution in [3.63, 3.8) is 0 Å². The number of amides is 6. The van der Waals surface area contributed by atoms with Crippen LogP contribution in [0.4, 0.5) is 0 Å². The van der Waals surface area contributed by atoms with Gasteiger partial charge in [-0.15, -0.1) is 24.9 Å². The van der Waals surface area contributed by atoms with Crippen molar-refractivity contribution in [1.82, 2.24) is 31.5 Å². The van der Waals surface area contributed by atoms with Gasteiger partial charge in [0.15, 0.2) is 0 Å². The van der Waals surface area contributed by atoms with E-state index in [1.807, 2.05) is 37.3 Å². The van der Waals surface area contributed by atoms with E-state index >= 15 is 0 Å². The van der Waals surface area contributed by atoms with Crippen LogP contribution in [-0.4, -0.2) is 124 Å². The van der Waals surface area contributed by atoms with Crippen molar-refractivity contribution in [2.24, 2.45) is 10.9 Å². The molecule has 0 radical (unpaired) electrons. The molecular weight excluding hydrogens is 775 g/mol. The fraction of sp³-hybridized carbons (Fsp3) is 0.605. The maximum atomic E-state index is 14.4. The van der Waals surface area contributed by atoms with E-state index in [1.54, 1.807) is 60.6 Å². The van der Waals surface area contributed by atoms with Gasteiger partial charge in [0.05, 0.1) is 35.0 Å². The molecule has 0 aromatic heterocycles. The molecule has 4 rings (SSSR count). The van der Waals surface area contributed by atoms with E-state index in [0.29, 0.717) is 37.3 Å². The van der Waals surface area contributed by atoms with Crippen molar-refractivity contribution < 1.29 is 38.2 Å². The average molecular weight is 838 g/mol. The van der Waals surface area contributed by atoms with Crippen LogP contribution in [-0.2, 0) is 44.7 Å². The largest absolute Gasteiger partial charge is 0.369 e. The number of hydrogen-bond donors (Lipinski definition) is 5. The average Bonchev–Trinajstić information content (AvgIpc) is 3.91. The van der Waals surface area contributed by atoms with E-state index in [-0.39, 0.29) is 18.3 Å². The first-order valence-electron chi connectivity index (χ1n) is 20.4. The quantitative estimate of drug-likeness (QED) is 0.197. The molecular formula is C43H63N7O8S. The Balaban J connectivity index is 1.79. The first-order chi connectivity index (χ1) is 27.8. The van der Waals surface area contributed by atoms with Gasteiger partial charge in [-0.3, -0.25) is 33.8 Å². The highest BCUT2D eigenvalue weighted by Gasteiger charge is 2.41. The monoisotopic (exact) mass is 837 g/mol. The van der Waals surface area contributed by atoms with Gasteiger partial charge in [0.2, 0.25) is 35.4 Å². The van der Waals surface area contributed by atoms with Gasteiger partial charge in [0.1, 0.15) is 36.3 Å². The second-order valence-corrected chi connectivity index (χ2v) is 17.7. The molecule has 3 aliphatic rings. The normalized spacial score (nSPS) is 27.8. The van der Waals surface area contributed by atoms with Crippen molar-refractivity contribution in [2.75, 3.05) is 18.9 Å². The van der Waals surface area contributed by atoms with Crippen LogP contribution < -0.4 is 26.6 Å². The fourth-order valence-electron chi connectivity index (χ4n) is 6.95. The first kappa shape index (κ1) is 47.1. The first-order valence-corrected chi connectivity index (χ1v) is 21.4. The number of benzene rings is 1. The van der Waals surface area contributed by atoms with Crippen LogP contribution in [0.2, 0.25) is 0 Å². The minimum atomic E-state index is -1.35. The number of carbonyl (C=O) groups excluding carboxylic acids is 6. The molecule has 0 aliphatic carbocycles. The molecule has 3 aliphatic heterocycles. The van der Waals surface area contributed by atoms with Crippen molar-refractivity contribution in [1.29, 1.82) is 0 Å². The topological polar surface area (TPSA) is 197 Å². The molecule has 9 atom stereocenters. The summed E-state index contributed by atoms with van der Waals surface area (Å²) in [5.41, 5.74) is -0.870. The zero-order chi connectivity index (χ0) is 43.7. The van der Waals surface area contributed by atoms with E-state index in [0.717, 1.165) is 5.56 Å². The Morgan fingerprint density at radius 3 is 2.12 bits per heavy atom. The molecule has 15 nitrogen and oxygen atoms in total. The molecule has 2 bridgehead atoms. The molecule has 0 saturated carbocycles. The Kier molecular flexibility index (Phi) is 16.5. The van der Waals surface area contributed by atoms with Crippen LogP contribution in [0.3, 0.4) is 0 Å². The van der Waals surface area contributed by atoms with Crippen molar-refractivity contribution in [3.05, 3.63) is 61.2 Å². The van der Waals surface area contributed by atoms with Crippen LogP contribution in [0.25, 0.3) is 0 Å². The molecule has 5 N–H and O–H groups in total. The summed E-state index contributed by atoms with van der Waals surface area (Å²) in [6.45, 7) is 21.5. The second kappa shape index (κ2) is 20.6. The van der Waals surface area contributed by atoms with Crippen LogP contribution in [0.5, 0.6) is 0 Å². The summed E-state index contributed by atoms with van der Waals surface area (Å²) >= 11 is 1.33. The van der Waals surface area contributed by atoms with Crippen molar-refractivity contribution in [2.45, 2.75) is 141 Å². The summed E-state index contributed by atoms with van der Waals surface area (Å²) in [6, 6.07) is 2.39. The third-order valence-electron chi connectivity index (χ3n) is 11.0. The molecule has 1 saturated heterocycles. The molecule has 16 heteroatoms. The highest BCUT2D eigenvalue weighted by atomic mass is 32.2. The number of fused-ring (bicyclic) bond motifs is 2. The second-order valence-electron chi connectivity index (χ2n) is 16.6. The van der Waals surface area contributed by atoms with Crippen molar-refractivity contribution in [3.8, 4) is 0 Å². The summed E-state index contributed by atoms with van der Waals surface area (Å²) in [5, 5.41) is 14.8. The van der Waals surface area contributed by atoms with Gasteiger partial charge in [0.25, 0.3) is 0 Å². The number of nitrogens with zero attached hydrogens (tertiary/aromatic N) is 2. The van der Waals surface area contributed by atoms with Crippen LogP contribution in [0, 0.1) is 5.92 Å². The van der Waals surface area contributed by atoms with E-state index < -0.39 is 95.1 Å². The summed E-state index contributed by atoms with van der Waals surface area (Å²) < 4.78 is 12.2. The van der Waals surface area contributed by atoms with Crippen molar-refractivity contribution >= 4 is 52.2 Å². The lowest BCUT2D eigenvalue weighted by Gasteiger charge is -2.33. The van der Waals surface area contributed by atoms with Crippen LogP contribution in [0.15, 0.2) is 60.6 Å². The molecule has 2 unspecified atom stereocenters. The van der Waals surface area contributed by atoms with Gasteiger partial charge < -0.3 is 41.0 Å². The maximum Gasteiger partial charge on any atom is 0.246 e. The van der Waals surface area contributed by atoms with Gasteiger partial charge in [0, 0.05) is 12.3 Å². The highest BCUT2D eigenvalue weighted by molar-refractivity contribution is 8.14. The fourth-order valence-corrected chi connectivity index (χ4v) is 8.05. The zero-order valence-corrected chi connectivity index (χ0v) is 36.5. The molecule has 3 heterocycles. The minimum absolute atomic E-state index is 0.238. The third-order valence-corrected chi connectivity index (χ3v) is 12.2. The Bertz CT molecular complexity index is 1750. The van der Waals surface area contributed by atoms with E-state index in [9.17, 15) is 28.8 Å². The summed E-state index contributed by atoms with van der Waals surface area (Å²) in [5.74, 6) is -3.61. The number of rotatable bonds is 12. The molecule has 324 valence electrons. The SMILES string of the molecule is C=CC(C)(C)OC[C@@H]1NC(=O)C([C@@H](C)OC(C)(C)C=C)NC(=O)[C@@H]2CSC(=N2)[C@H](Cc2ccccc2)NC(=O)[C@@H]2CCCN2C(=O)[C@H](C)NC(=O)C([C@@H](C)CC)NC1=O. The Hall–Kier alpha value is -4.54. The number of thioether (sulfide) groups is 1. The highest BCUT2D eigenvalue weighted by Crippen LogP contribution is 2.25. The maximum absolute atomic E-state index is 14.4. The molecule has 6 amide bonds. The molecule has 59 heavy (non-hydrogen) atoms. The van der Waals surface area contributed by atoms with Gasteiger partial charge in [-0.05, 0) is 72.3 Å². The Morgan fingerprint density at radius 1 is 0.847 bits per heavy atom. The predicted molar refractivity (Wildman–Crippen MR) is 228 cm³/mol. The van der Waals surface area contributed by atoms with E-state index in [4.69, 9.17) is 14.5 Å². The van der Waals surface area contributed by atoms with Gasteiger partial charge in [-0.2, -0.15) is 0 Å². The number of ether oxygens (including phenoxy) is 2. The molecule has 1 aromatic carbocycles. The number of hydrogen-bond acceptors (Lipinski definition) is 10. The Morgan fingerprint density at radius 2 is 1.47 bits per heavy atom. The van der Waals surface area contributed by atoms with Gasteiger partial charge in [-0.25, -0.2) is 0 Å². The van der Waals surface area contributed by atoms with Gasteiger partial charge in [-0.1, -0.05) is 62.8 Å². The smallest absolute Gasteiger partial charge is 0.246 e. The lowest BCUT2D eigenvalue weighted by Crippen LogP contribution is -2.62.